The first kappa shape index (κ1) is 17.0. The van der Waals surface area contributed by atoms with E-state index in [2.05, 4.69) is 54.7 Å². The standard InChI is InChI=1S/C17H25N7O2/c1-13(2)16-20-17(26-21-16)24-5-3-22(4-6-24)14-11-15(19-12-18-14)23-7-9-25-10-8-23/h11-13H,3-10H2,1-2H3. The number of nitrogens with zero attached hydrogens (tertiary/aromatic N) is 7. The molecule has 0 bridgehead atoms. The van der Waals surface area contributed by atoms with E-state index in [0.29, 0.717) is 6.01 Å². The third kappa shape index (κ3) is 3.57. The number of rotatable bonds is 4. The molecule has 9 nitrogen and oxygen atoms in total. The Bertz CT molecular complexity index is 721. The summed E-state index contributed by atoms with van der Waals surface area (Å²) >= 11 is 0. The van der Waals surface area contributed by atoms with Crippen molar-refractivity contribution in [1.29, 1.82) is 0 Å². The molecule has 0 amide bonds. The largest absolute Gasteiger partial charge is 0.378 e. The SMILES string of the molecule is CC(C)c1noc(N2CCN(c3cc(N4CCOCC4)ncn3)CC2)n1. The van der Waals surface area contributed by atoms with Gasteiger partial charge in [-0.15, -0.1) is 0 Å². The van der Waals surface area contributed by atoms with Gasteiger partial charge in [0.1, 0.15) is 18.0 Å². The van der Waals surface area contributed by atoms with Gasteiger partial charge in [0, 0.05) is 51.3 Å². The number of morpholine rings is 1. The fraction of sp³-hybridized carbons (Fsp3) is 0.647. The van der Waals surface area contributed by atoms with Crippen molar-refractivity contribution in [2.45, 2.75) is 19.8 Å². The van der Waals surface area contributed by atoms with Gasteiger partial charge in [-0.2, -0.15) is 4.98 Å². The lowest BCUT2D eigenvalue weighted by molar-refractivity contribution is 0.122. The number of anilines is 3. The van der Waals surface area contributed by atoms with Crippen LogP contribution >= 0.6 is 0 Å². The Morgan fingerprint density at radius 1 is 0.885 bits per heavy atom. The van der Waals surface area contributed by atoms with Crippen molar-refractivity contribution in [2.75, 3.05) is 67.2 Å². The van der Waals surface area contributed by atoms with E-state index in [0.717, 1.165) is 69.9 Å². The van der Waals surface area contributed by atoms with Crippen LogP contribution in [0.3, 0.4) is 0 Å². The van der Waals surface area contributed by atoms with Gasteiger partial charge in [0.25, 0.3) is 0 Å². The molecule has 0 aromatic carbocycles. The zero-order valence-electron chi connectivity index (χ0n) is 15.3. The summed E-state index contributed by atoms with van der Waals surface area (Å²) in [5.41, 5.74) is 0. The van der Waals surface area contributed by atoms with E-state index in [1.807, 2.05) is 0 Å². The van der Waals surface area contributed by atoms with Gasteiger partial charge in [-0.3, -0.25) is 0 Å². The molecule has 4 rings (SSSR count). The van der Waals surface area contributed by atoms with Crippen molar-refractivity contribution >= 4 is 17.7 Å². The lowest BCUT2D eigenvalue weighted by Gasteiger charge is -2.35. The third-order valence-corrected chi connectivity index (χ3v) is 4.79. The maximum Gasteiger partial charge on any atom is 0.324 e. The lowest BCUT2D eigenvalue weighted by atomic mass is 10.2. The Labute approximate surface area is 153 Å². The lowest BCUT2D eigenvalue weighted by Crippen LogP contribution is -2.47. The molecule has 2 aliphatic rings. The average molecular weight is 359 g/mol. The molecule has 2 aromatic rings. The van der Waals surface area contributed by atoms with Crippen LogP contribution < -0.4 is 14.7 Å². The van der Waals surface area contributed by atoms with Crippen LogP contribution in [0, 0.1) is 0 Å². The molecule has 2 aliphatic heterocycles. The van der Waals surface area contributed by atoms with Crippen molar-refractivity contribution in [3.63, 3.8) is 0 Å². The Balaban J connectivity index is 1.39. The summed E-state index contributed by atoms with van der Waals surface area (Å²) in [7, 11) is 0. The van der Waals surface area contributed by atoms with Crippen LogP contribution in [0.15, 0.2) is 16.9 Å². The molecule has 26 heavy (non-hydrogen) atoms. The quantitative estimate of drug-likeness (QED) is 0.798. The number of hydrogen-bond donors (Lipinski definition) is 0. The van der Waals surface area contributed by atoms with Gasteiger partial charge in [0.2, 0.25) is 0 Å². The molecule has 4 heterocycles. The molecule has 2 aromatic heterocycles. The van der Waals surface area contributed by atoms with E-state index in [4.69, 9.17) is 9.26 Å². The average Bonchev–Trinajstić information content (AvgIpc) is 3.20. The van der Waals surface area contributed by atoms with E-state index in [9.17, 15) is 0 Å². The maximum atomic E-state index is 5.42. The molecule has 0 spiro atoms. The van der Waals surface area contributed by atoms with Crippen LogP contribution in [0.4, 0.5) is 17.7 Å². The summed E-state index contributed by atoms with van der Waals surface area (Å²) in [6.07, 6.45) is 1.65. The van der Waals surface area contributed by atoms with Gasteiger partial charge in [0.05, 0.1) is 13.2 Å². The predicted octanol–water partition coefficient (Wildman–Crippen LogP) is 1.15. The molecule has 0 radical (unpaired) electrons. The van der Waals surface area contributed by atoms with E-state index >= 15 is 0 Å². The summed E-state index contributed by atoms with van der Waals surface area (Å²) < 4.78 is 10.8. The van der Waals surface area contributed by atoms with Crippen molar-refractivity contribution < 1.29 is 9.26 Å². The number of ether oxygens (including phenoxy) is 1. The minimum Gasteiger partial charge on any atom is -0.378 e. The van der Waals surface area contributed by atoms with Gasteiger partial charge >= 0.3 is 6.01 Å². The van der Waals surface area contributed by atoms with Crippen molar-refractivity contribution in [3.8, 4) is 0 Å². The fourth-order valence-electron chi connectivity index (χ4n) is 3.19. The number of aromatic nitrogens is 4. The van der Waals surface area contributed by atoms with E-state index in [1.165, 1.54) is 0 Å². The molecular formula is C17H25N7O2. The minimum atomic E-state index is 0.272. The summed E-state index contributed by atoms with van der Waals surface area (Å²) in [6.45, 7) is 10.8. The first-order chi connectivity index (χ1) is 12.7. The molecule has 0 N–H and O–H groups in total. The van der Waals surface area contributed by atoms with Gasteiger partial charge in [-0.25, -0.2) is 9.97 Å². The number of hydrogen-bond acceptors (Lipinski definition) is 9. The zero-order valence-corrected chi connectivity index (χ0v) is 15.3. The Morgan fingerprint density at radius 3 is 2.12 bits per heavy atom. The first-order valence-electron chi connectivity index (χ1n) is 9.19. The Hall–Kier alpha value is -2.42. The topological polar surface area (TPSA) is 83.7 Å². The second-order valence-corrected chi connectivity index (χ2v) is 6.90. The Morgan fingerprint density at radius 2 is 1.50 bits per heavy atom. The second-order valence-electron chi connectivity index (χ2n) is 6.90. The van der Waals surface area contributed by atoms with Crippen LogP contribution in [-0.2, 0) is 4.74 Å². The number of piperazine rings is 1. The van der Waals surface area contributed by atoms with Crippen LogP contribution in [0.1, 0.15) is 25.6 Å². The predicted molar refractivity (Wildman–Crippen MR) is 97.9 cm³/mol. The van der Waals surface area contributed by atoms with Gasteiger partial charge in [-0.1, -0.05) is 19.0 Å². The molecule has 2 fully saturated rings. The normalized spacial score (nSPS) is 18.7. The van der Waals surface area contributed by atoms with E-state index < -0.39 is 0 Å². The minimum absolute atomic E-state index is 0.272. The third-order valence-electron chi connectivity index (χ3n) is 4.79. The zero-order chi connectivity index (χ0) is 17.9. The van der Waals surface area contributed by atoms with E-state index in [1.54, 1.807) is 6.33 Å². The first-order valence-corrected chi connectivity index (χ1v) is 9.19. The highest BCUT2D eigenvalue weighted by Gasteiger charge is 2.23. The van der Waals surface area contributed by atoms with E-state index in [-0.39, 0.29) is 5.92 Å². The smallest absolute Gasteiger partial charge is 0.324 e. The molecule has 9 heteroatoms. The van der Waals surface area contributed by atoms with Crippen LogP contribution in [0.25, 0.3) is 0 Å². The van der Waals surface area contributed by atoms with Crippen molar-refractivity contribution in [1.82, 2.24) is 20.1 Å². The summed E-state index contributed by atoms with van der Waals surface area (Å²) in [5.74, 6) is 2.97. The highest BCUT2D eigenvalue weighted by molar-refractivity contribution is 5.51. The summed E-state index contributed by atoms with van der Waals surface area (Å²) in [4.78, 5) is 20.1. The maximum absolute atomic E-state index is 5.42. The summed E-state index contributed by atoms with van der Waals surface area (Å²) in [6, 6.07) is 2.69. The van der Waals surface area contributed by atoms with Crippen molar-refractivity contribution in [3.05, 3.63) is 18.2 Å². The van der Waals surface area contributed by atoms with Crippen LogP contribution in [0.2, 0.25) is 0 Å². The Kier molecular flexibility index (Phi) is 4.87. The van der Waals surface area contributed by atoms with Crippen LogP contribution in [-0.4, -0.2) is 72.6 Å². The summed E-state index contributed by atoms with van der Waals surface area (Å²) in [5, 5.41) is 4.05. The highest BCUT2D eigenvalue weighted by atomic mass is 16.5. The fourth-order valence-corrected chi connectivity index (χ4v) is 3.19. The molecule has 0 unspecified atom stereocenters. The molecular weight excluding hydrogens is 334 g/mol. The van der Waals surface area contributed by atoms with Crippen LogP contribution in [0.5, 0.6) is 0 Å². The molecule has 0 aliphatic carbocycles. The molecule has 0 atom stereocenters. The molecule has 2 saturated heterocycles. The monoisotopic (exact) mass is 359 g/mol. The molecule has 0 saturated carbocycles. The second kappa shape index (κ2) is 7.45. The van der Waals surface area contributed by atoms with Gasteiger partial charge in [-0.05, 0) is 0 Å². The van der Waals surface area contributed by atoms with Crippen molar-refractivity contribution in [2.24, 2.45) is 0 Å². The van der Waals surface area contributed by atoms with Gasteiger partial charge < -0.3 is 24.0 Å². The highest BCUT2D eigenvalue weighted by Crippen LogP contribution is 2.22. The van der Waals surface area contributed by atoms with Gasteiger partial charge in [0.15, 0.2) is 5.82 Å². The molecule has 140 valence electrons.